The first-order valence-electron chi connectivity index (χ1n) is 5.89. The van der Waals surface area contributed by atoms with Crippen molar-refractivity contribution in [2.75, 3.05) is 13.3 Å². The number of ether oxygens (including phenoxy) is 2. The van der Waals surface area contributed by atoms with Crippen molar-refractivity contribution in [1.82, 2.24) is 0 Å². The number of alkyl halides is 9. The Morgan fingerprint density at radius 2 is 1.27 bits per heavy atom. The molecule has 134 valence electrons. The smallest absolute Gasteiger partial charge is 0.316 e. The van der Waals surface area contributed by atoms with Crippen LogP contribution in [0.3, 0.4) is 0 Å². The van der Waals surface area contributed by atoms with Gasteiger partial charge in [-0.2, -0.15) is 35.1 Å². The molecule has 22 heavy (non-hydrogen) atoms. The zero-order chi connectivity index (χ0) is 18.0. The summed E-state index contributed by atoms with van der Waals surface area (Å²) >= 11 is 0. The second-order valence-electron chi connectivity index (χ2n) is 5.64. The van der Waals surface area contributed by atoms with Crippen LogP contribution in [0.4, 0.5) is 39.5 Å². The molecule has 0 aliphatic heterocycles. The molecule has 0 aliphatic carbocycles. The Kier molecular flexibility index (Phi) is 6.41. The molecule has 0 aromatic heterocycles. The van der Waals surface area contributed by atoms with E-state index in [-0.39, 0.29) is 6.04 Å². The fraction of sp³-hybridized carbons (Fsp3) is 1.00. The van der Waals surface area contributed by atoms with Crippen molar-refractivity contribution in [3.05, 3.63) is 0 Å². The van der Waals surface area contributed by atoms with E-state index in [1.807, 2.05) is 0 Å². The van der Waals surface area contributed by atoms with E-state index < -0.39 is 45.6 Å². The van der Waals surface area contributed by atoms with Gasteiger partial charge in [-0.25, -0.2) is 9.13 Å². The maximum atomic E-state index is 13.1. The van der Waals surface area contributed by atoms with E-state index in [0.29, 0.717) is 0 Å². The molecule has 0 atom stereocenters. The lowest BCUT2D eigenvalue weighted by Crippen LogP contribution is -2.58. The quantitative estimate of drug-likeness (QED) is 0.433. The van der Waals surface area contributed by atoms with Crippen LogP contribution in [0, 0.1) is 0 Å². The molecule has 0 saturated carbocycles. The molecule has 0 rings (SSSR count). The average molecular weight is 366 g/mol. The van der Waals surface area contributed by atoms with Gasteiger partial charge in [-0.1, -0.05) is 19.6 Å². The predicted molar refractivity (Wildman–Crippen MR) is 61.0 cm³/mol. The summed E-state index contributed by atoms with van der Waals surface area (Å²) in [5.74, 6) is -6.42. The molecule has 12 heteroatoms. The second kappa shape index (κ2) is 6.55. The molecule has 0 bridgehead atoms. The molecule has 0 saturated heterocycles. The number of halogens is 9. The lowest BCUT2D eigenvalue weighted by molar-refractivity contribution is -0.487. The van der Waals surface area contributed by atoms with Gasteiger partial charge >= 0.3 is 24.2 Å². The van der Waals surface area contributed by atoms with Gasteiger partial charge in [0, 0.05) is 8.07 Å². The Hall–Kier alpha value is -0.493. The van der Waals surface area contributed by atoms with Crippen LogP contribution in [-0.4, -0.2) is 45.6 Å². The summed E-state index contributed by atoms with van der Waals surface area (Å²) in [7, 11) is -2.00. The molecule has 0 aromatic carbocycles. The highest BCUT2D eigenvalue weighted by atomic mass is 28.3. The summed E-state index contributed by atoms with van der Waals surface area (Å²) in [6.07, 6.45) is -17.5. The van der Waals surface area contributed by atoms with Crippen LogP contribution >= 0.6 is 0 Å². The molecular weight excluding hydrogens is 351 g/mol. The van der Waals surface area contributed by atoms with Crippen molar-refractivity contribution in [3.63, 3.8) is 0 Å². The van der Waals surface area contributed by atoms with Gasteiger partial charge in [0.15, 0.2) is 6.67 Å². The fourth-order valence-corrected chi connectivity index (χ4v) is 1.74. The molecule has 0 amide bonds. The third-order valence-electron chi connectivity index (χ3n) is 2.30. The molecular formula is C10H15F9O2Si. The third kappa shape index (κ3) is 5.61. The normalized spacial score (nSPS) is 15.3. The van der Waals surface area contributed by atoms with Crippen LogP contribution in [-0.2, 0) is 9.47 Å². The van der Waals surface area contributed by atoms with E-state index in [0.717, 1.165) is 0 Å². The molecule has 0 spiro atoms. The summed E-state index contributed by atoms with van der Waals surface area (Å²) in [4.78, 5) is 0. The molecule has 2 nitrogen and oxygen atoms in total. The Morgan fingerprint density at radius 3 is 1.64 bits per heavy atom. The van der Waals surface area contributed by atoms with Gasteiger partial charge in [0.1, 0.15) is 0 Å². The first-order chi connectivity index (χ1) is 9.47. The van der Waals surface area contributed by atoms with E-state index in [1.165, 1.54) is 0 Å². The minimum atomic E-state index is -6.42. The Bertz CT molecular complexity index is 368. The van der Waals surface area contributed by atoms with Crippen LogP contribution in [0.1, 0.15) is 0 Å². The number of hydrogen-bond donors (Lipinski definition) is 0. The van der Waals surface area contributed by atoms with E-state index in [4.69, 9.17) is 0 Å². The van der Waals surface area contributed by atoms with Crippen molar-refractivity contribution in [3.8, 4) is 0 Å². The SMILES string of the molecule is C[Si](C)(C)CCOC(F)(F)C(F)(F)C(F)(F)OC(F)(F)CF. The zero-order valence-corrected chi connectivity index (χ0v) is 12.8. The molecule has 0 N–H and O–H groups in total. The highest BCUT2D eigenvalue weighted by Crippen LogP contribution is 2.48. The zero-order valence-electron chi connectivity index (χ0n) is 11.8. The van der Waals surface area contributed by atoms with E-state index in [9.17, 15) is 39.5 Å². The van der Waals surface area contributed by atoms with Crippen LogP contribution in [0.2, 0.25) is 25.7 Å². The first-order valence-corrected chi connectivity index (χ1v) is 9.59. The van der Waals surface area contributed by atoms with Crippen LogP contribution < -0.4 is 0 Å². The largest absolute Gasteiger partial charge is 0.433 e. The van der Waals surface area contributed by atoms with Gasteiger partial charge < -0.3 is 4.74 Å². The van der Waals surface area contributed by atoms with Gasteiger partial charge in [-0.15, -0.1) is 0 Å². The maximum absolute atomic E-state index is 13.1. The topological polar surface area (TPSA) is 18.5 Å². The monoisotopic (exact) mass is 366 g/mol. The van der Waals surface area contributed by atoms with Crippen molar-refractivity contribution in [1.29, 1.82) is 0 Å². The van der Waals surface area contributed by atoms with Gasteiger partial charge in [-0.3, -0.25) is 0 Å². The van der Waals surface area contributed by atoms with E-state index in [1.54, 1.807) is 19.6 Å². The van der Waals surface area contributed by atoms with Crippen molar-refractivity contribution < 1.29 is 49.0 Å². The highest BCUT2D eigenvalue weighted by molar-refractivity contribution is 6.76. The lowest BCUT2D eigenvalue weighted by atomic mass is 10.3. The Labute approximate surface area is 121 Å². The Morgan fingerprint density at radius 1 is 0.818 bits per heavy atom. The van der Waals surface area contributed by atoms with Gasteiger partial charge in [0.05, 0.1) is 6.61 Å². The molecule has 0 aromatic rings. The van der Waals surface area contributed by atoms with Crippen LogP contribution in [0.25, 0.3) is 0 Å². The van der Waals surface area contributed by atoms with Crippen molar-refractivity contribution >= 4 is 8.07 Å². The van der Waals surface area contributed by atoms with Gasteiger partial charge in [0.25, 0.3) is 0 Å². The van der Waals surface area contributed by atoms with Gasteiger partial charge in [-0.05, 0) is 6.04 Å². The average Bonchev–Trinajstić information content (AvgIpc) is 2.25. The third-order valence-corrected chi connectivity index (χ3v) is 4.00. The molecule has 0 aliphatic rings. The summed E-state index contributed by atoms with van der Waals surface area (Å²) in [5, 5.41) is 0. The standard InChI is InChI=1S/C10H15F9O2Si/c1-22(2,3)5-4-20-9(16,17)8(14,15)10(18,19)21-7(12,13)6-11/h4-6H2,1-3H3. The summed E-state index contributed by atoms with van der Waals surface area (Å²) < 4.78 is 120. The predicted octanol–water partition coefficient (Wildman–Crippen LogP) is 4.74. The van der Waals surface area contributed by atoms with Gasteiger partial charge in [0.2, 0.25) is 0 Å². The molecule has 0 heterocycles. The lowest BCUT2D eigenvalue weighted by Gasteiger charge is -2.33. The van der Waals surface area contributed by atoms with E-state index in [2.05, 4.69) is 9.47 Å². The first kappa shape index (κ1) is 21.5. The number of hydrogen-bond acceptors (Lipinski definition) is 2. The highest BCUT2D eigenvalue weighted by Gasteiger charge is 2.76. The summed E-state index contributed by atoms with van der Waals surface area (Å²) in [5.41, 5.74) is 0. The maximum Gasteiger partial charge on any atom is 0.433 e. The summed E-state index contributed by atoms with van der Waals surface area (Å²) in [6, 6.07) is -0.0638. The Balaban J connectivity index is 5.07. The molecule has 0 fully saturated rings. The van der Waals surface area contributed by atoms with Crippen molar-refractivity contribution in [2.24, 2.45) is 0 Å². The van der Waals surface area contributed by atoms with Crippen molar-refractivity contribution in [2.45, 2.75) is 49.9 Å². The number of rotatable bonds is 9. The molecule has 0 unspecified atom stereocenters. The fourth-order valence-electron chi connectivity index (χ4n) is 1.02. The van der Waals surface area contributed by atoms with Crippen LogP contribution in [0.5, 0.6) is 0 Å². The molecule has 0 radical (unpaired) electrons. The summed E-state index contributed by atoms with van der Waals surface area (Å²) in [6.45, 7) is 1.15. The van der Waals surface area contributed by atoms with Crippen LogP contribution in [0.15, 0.2) is 0 Å². The minimum absolute atomic E-state index is 0.0638. The second-order valence-corrected chi connectivity index (χ2v) is 11.3. The van der Waals surface area contributed by atoms with E-state index >= 15 is 0 Å². The minimum Gasteiger partial charge on any atom is -0.316 e.